The number of carbonyl (C=O) groups excluding carboxylic acids is 2. The van der Waals surface area contributed by atoms with E-state index >= 15 is 0 Å². The zero-order chi connectivity index (χ0) is 20.5. The van der Waals surface area contributed by atoms with E-state index in [4.69, 9.17) is 9.47 Å². The fourth-order valence-electron chi connectivity index (χ4n) is 3.43. The van der Waals surface area contributed by atoms with Crippen LogP contribution in [0.15, 0.2) is 24.7 Å². The molecular formula is C19H26N4O4S. The minimum atomic E-state index is -1.12. The Balaban J connectivity index is 2.00. The molecule has 2 aromatic rings. The molecule has 3 atom stereocenters. The highest BCUT2D eigenvalue weighted by Crippen LogP contribution is 2.42. The predicted octanol–water partition coefficient (Wildman–Crippen LogP) is 2.25. The third kappa shape index (κ3) is 4.25. The van der Waals surface area contributed by atoms with Crippen molar-refractivity contribution in [3.8, 4) is 0 Å². The molecule has 0 radical (unpaired) electrons. The number of aryl methyl sites for hydroxylation is 1. The Bertz CT molecular complexity index is 842. The quantitative estimate of drug-likeness (QED) is 0.761. The summed E-state index contributed by atoms with van der Waals surface area (Å²) in [5.74, 6) is -1.35. The third-order valence-corrected chi connectivity index (χ3v) is 5.59. The SMILES string of the molecule is COC(=O)[C@H]1C[C@@](Cn2cccn2)(C(=O)OC(C)(C)C)N[C@H]1c1ncc(C)s1. The van der Waals surface area contributed by atoms with E-state index in [1.54, 1.807) is 29.3 Å². The van der Waals surface area contributed by atoms with Gasteiger partial charge in [-0.05, 0) is 40.2 Å². The number of nitrogens with one attached hydrogen (secondary N) is 1. The first-order valence-electron chi connectivity index (χ1n) is 9.12. The molecule has 3 rings (SSSR count). The largest absolute Gasteiger partial charge is 0.469 e. The number of carbonyl (C=O) groups is 2. The normalized spacial score (nSPS) is 24.9. The van der Waals surface area contributed by atoms with Gasteiger partial charge in [-0.25, -0.2) is 9.78 Å². The van der Waals surface area contributed by atoms with E-state index in [1.807, 2.05) is 27.7 Å². The summed E-state index contributed by atoms with van der Waals surface area (Å²) in [6.07, 6.45) is 5.42. The van der Waals surface area contributed by atoms with Gasteiger partial charge >= 0.3 is 11.9 Å². The zero-order valence-electron chi connectivity index (χ0n) is 16.8. The van der Waals surface area contributed by atoms with Gasteiger partial charge in [-0.3, -0.25) is 14.8 Å². The molecule has 0 saturated carbocycles. The van der Waals surface area contributed by atoms with Gasteiger partial charge in [0, 0.05) is 23.5 Å². The monoisotopic (exact) mass is 406 g/mol. The molecule has 152 valence electrons. The van der Waals surface area contributed by atoms with Gasteiger partial charge in [0.1, 0.15) is 16.1 Å². The van der Waals surface area contributed by atoms with Gasteiger partial charge in [0.25, 0.3) is 0 Å². The average molecular weight is 407 g/mol. The molecule has 1 saturated heterocycles. The number of rotatable bonds is 5. The number of esters is 2. The highest BCUT2D eigenvalue weighted by atomic mass is 32.1. The molecule has 1 aliphatic heterocycles. The number of thiazole rings is 1. The van der Waals surface area contributed by atoms with Crippen LogP contribution < -0.4 is 5.32 Å². The van der Waals surface area contributed by atoms with Crippen molar-refractivity contribution in [3.05, 3.63) is 34.5 Å². The Morgan fingerprint density at radius 1 is 1.43 bits per heavy atom. The van der Waals surface area contributed by atoms with Gasteiger partial charge in [-0.15, -0.1) is 11.3 Å². The smallest absolute Gasteiger partial charge is 0.328 e. The van der Waals surface area contributed by atoms with Crippen molar-refractivity contribution in [2.75, 3.05) is 7.11 Å². The second-order valence-electron chi connectivity index (χ2n) is 8.05. The molecule has 28 heavy (non-hydrogen) atoms. The molecule has 0 amide bonds. The average Bonchev–Trinajstić information content (AvgIpc) is 3.33. The summed E-state index contributed by atoms with van der Waals surface area (Å²) < 4.78 is 12.4. The standard InChI is InChI=1S/C19H26N4O4S/c1-12-10-20-15(28-12)14-13(16(24)26-5)9-19(22-14,11-23-8-6-7-21-23)17(25)27-18(2,3)4/h6-8,10,13-14,22H,9,11H2,1-5H3/t13-,14+,19+/m0/s1. The van der Waals surface area contributed by atoms with Crippen LogP contribution in [0.5, 0.6) is 0 Å². The van der Waals surface area contributed by atoms with Gasteiger partial charge in [-0.1, -0.05) is 0 Å². The van der Waals surface area contributed by atoms with Crippen molar-refractivity contribution in [2.45, 2.75) is 57.8 Å². The number of aromatic nitrogens is 3. The Morgan fingerprint density at radius 2 is 2.18 bits per heavy atom. The van der Waals surface area contributed by atoms with Crippen molar-refractivity contribution in [3.63, 3.8) is 0 Å². The third-order valence-electron chi connectivity index (χ3n) is 4.59. The maximum Gasteiger partial charge on any atom is 0.328 e. The van der Waals surface area contributed by atoms with Crippen LogP contribution in [-0.2, 0) is 25.6 Å². The Labute approximate surface area is 168 Å². The van der Waals surface area contributed by atoms with Crippen molar-refractivity contribution >= 4 is 23.3 Å². The lowest BCUT2D eigenvalue weighted by molar-refractivity contribution is -0.163. The molecule has 0 spiro atoms. The molecule has 1 fully saturated rings. The summed E-state index contributed by atoms with van der Waals surface area (Å²) in [4.78, 5) is 31.3. The summed E-state index contributed by atoms with van der Waals surface area (Å²) in [6.45, 7) is 7.65. The summed E-state index contributed by atoms with van der Waals surface area (Å²) in [6, 6.07) is 1.35. The molecule has 1 N–H and O–H groups in total. The lowest BCUT2D eigenvalue weighted by Crippen LogP contribution is -2.54. The molecule has 0 bridgehead atoms. The molecule has 2 aromatic heterocycles. The predicted molar refractivity (Wildman–Crippen MR) is 104 cm³/mol. The summed E-state index contributed by atoms with van der Waals surface area (Å²) in [5.41, 5.74) is -1.78. The van der Waals surface area contributed by atoms with Crippen molar-refractivity contribution in [1.82, 2.24) is 20.1 Å². The molecule has 0 aromatic carbocycles. The van der Waals surface area contributed by atoms with Crippen LogP contribution in [0.1, 0.15) is 43.1 Å². The van der Waals surface area contributed by atoms with Gasteiger partial charge in [0.05, 0.1) is 25.6 Å². The first kappa shape index (κ1) is 20.5. The molecule has 1 aliphatic rings. The lowest BCUT2D eigenvalue weighted by Gasteiger charge is -2.31. The maximum atomic E-state index is 13.3. The topological polar surface area (TPSA) is 95.3 Å². The molecule has 9 heteroatoms. The summed E-state index contributed by atoms with van der Waals surface area (Å²) in [7, 11) is 1.35. The van der Waals surface area contributed by atoms with Crippen LogP contribution >= 0.6 is 11.3 Å². The molecular weight excluding hydrogens is 380 g/mol. The second kappa shape index (κ2) is 7.63. The zero-order valence-corrected chi connectivity index (χ0v) is 17.6. The number of methoxy groups -OCH3 is 1. The van der Waals surface area contributed by atoms with Crippen molar-refractivity contribution < 1.29 is 19.1 Å². The van der Waals surface area contributed by atoms with E-state index in [2.05, 4.69) is 15.4 Å². The Morgan fingerprint density at radius 3 is 2.71 bits per heavy atom. The highest BCUT2D eigenvalue weighted by Gasteiger charge is 2.55. The number of ether oxygens (including phenoxy) is 2. The number of nitrogens with zero attached hydrogens (tertiary/aromatic N) is 3. The van der Waals surface area contributed by atoms with Gasteiger partial charge < -0.3 is 9.47 Å². The van der Waals surface area contributed by atoms with E-state index in [-0.39, 0.29) is 18.9 Å². The first-order valence-corrected chi connectivity index (χ1v) is 9.94. The molecule has 0 unspecified atom stereocenters. The summed E-state index contributed by atoms with van der Waals surface area (Å²) >= 11 is 1.49. The van der Waals surface area contributed by atoms with E-state index in [9.17, 15) is 9.59 Å². The lowest BCUT2D eigenvalue weighted by atomic mass is 9.90. The Hall–Kier alpha value is -2.26. The van der Waals surface area contributed by atoms with Crippen molar-refractivity contribution in [2.24, 2.45) is 5.92 Å². The van der Waals surface area contributed by atoms with Gasteiger partial charge in [0.2, 0.25) is 0 Å². The minimum Gasteiger partial charge on any atom is -0.469 e. The van der Waals surface area contributed by atoms with Gasteiger partial charge in [0.15, 0.2) is 0 Å². The Kier molecular flexibility index (Phi) is 5.58. The fraction of sp³-hybridized carbons (Fsp3) is 0.579. The van der Waals surface area contributed by atoms with Crippen LogP contribution in [-0.4, -0.2) is 45.0 Å². The van der Waals surface area contributed by atoms with Crippen LogP contribution in [0.4, 0.5) is 0 Å². The molecule has 8 nitrogen and oxygen atoms in total. The van der Waals surface area contributed by atoms with E-state index in [1.165, 1.54) is 18.4 Å². The fourth-order valence-corrected chi connectivity index (χ4v) is 4.33. The van der Waals surface area contributed by atoms with E-state index < -0.39 is 29.1 Å². The molecule has 3 heterocycles. The van der Waals surface area contributed by atoms with Crippen LogP contribution in [0.3, 0.4) is 0 Å². The number of hydrogen-bond acceptors (Lipinski definition) is 8. The van der Waals surface area contributed by atoms with Crippen LogP contribution in [0.2, 0.25) is 0 Å². The first-order chi connectivity index (χ1) is 13.1. The van der Waals surface area contributed by atoms with Gasteiger partial charge in [-0.2, -0.15) is 5.10 Å². The van der Waals surface area contributed by atoms with E-state index in [0.717, 1.165) is 9.88 Å². The minimum absolute atomic E-state index is 0.234. The second-order valence-corrected chi connectivity index (χ2v) is 9.32. The van der Waals surface area contributed by atoms with Crippen molar-refractivity contribution in [1.29, 1.82) is 0 Å². The maximum absolute atomic E-state index is 13.3. The van der Waals surface area contributed by atoms with Crippen LogP contribution in [0, 0.1) is 12.8 Å². The number of hydrogen-bond donors (Lipinski definition) is 1. The highest BCUT2D eigenvalue weighted by molar-refractivity contribution is 7.11. The van der Waals surface area contributed by atoms with E-state index in [0.29, 0.717) is 0 Å². The molecule has 0 aliphatic carbocycles. The van der Waals surface area contributed by atoms with Crippen LogP contribution in [0.25, 0.3) is 0 Å². The summed E-state index contributed by atoms with van der Waals surface area (Å²) in [5, 5.41) is 8.36.